The highest BCUT2D eigenvalue weighted by Crippen LogP contribution is 2.29. The molecule has 0 radical (unpaired) electrons. The fourth-order valence-corrected chi connectivity index (χ4v) is 3.42. The quantitative estimate of drug-likeness (QED) is 0.493. The van der Waals surface area contributed by atoms with Gasteiger partial charge in [0, 0.05) is 11.1 Å². The minimum absolute atomic E-state index is 0.0462. The minimum Gasteiger partial charge on any atom is -0.289 e. The second kappa shape index (κ2) is 6.78. The van der Waals surface area contributed by atoms with E-state index in [9.17, 15) is 4.79 Å². The standard InChI is InChI=1S/C23H16N4O/c28-23-15(11-17-13-24-19-5-1-3-7-21(19)26-17)9-10-16(23)12-18-14-25-20-6-2-4-8-22(20)27-18/h1-8,11-14H,9-10H2/b15-11+,16-12+. The average Bonchev–Trinajstić information content (AvgIpc) is 3.07. The van der Waals surface area contributed by atoms with E-state index in [0.29, 0.717) is 24.2 Å². The van der Waals surface area contributed by atoms with Crippen LogP contribution in [0.25, 0.3) is 34.2 Å². The monoisotopic (exact) mass is 364 g/mol. The zero-order valence-electron chi connectivity index (χ0n) is 15.0. The molecule has 2 heterocycles. The number of benzene rings is 2. The smallest absolute Gasteiger partial charge is 0.185 e. The predicted octanol–water partition coefficient (Wildman–Crippen LogP) is 4.40. The van der Waals surface area contributed by atoms with Gasteiger partial charge in [-0.2, -0.15) is 0 Å². The number of rotatable bonds is 2. The van der Waals surface area contributed by atoms with E-state index in [1.807, 2.05) is 60.7 Å². The summed E-state index contributed by atoms with van der Waals surface area (Å²) < 4.78 is 0. The number of para-hydroxylation sites is 4. The van der Waals surface area contributed by atoms with E-state index in [4.69, 9.17) is 0 Å². The van der Waals surface area contributed by atoms with Crippen molar-refractivity contribution < 1.29 is 4.79 Å². The van der Waals surface area contributed by atoms with Gasteiger partial charge in [0.25, 0.3) is 0 Å². The highest BCUT2D eigenvalue weighted by atomic mass is 16.1. The molecule has 134 valence electrons. The molecule has 2 aromatic carbocycles. The highest BCUT2D eigenvalue weighted by molar-refractivity contribution is 6.15. The average molecular weight is 364 g/mol. The van der Waals surface area contributed by atoms with Crippen LogP contribution in [0.2, 0.25) is 0 Å². The number of carbonyl (C=O) groups is 1. The lowest BCUT2D eigenvalue weighted by Crippen LogP contribution is -1.97. The molecule has 0 amide bonds. The number of fused-ring (bicyclic) bond motifs is 2. The molecule has 2 aromatic heterocycles. The van der Waals surface area contributed by atoms with Crippen LogP contribution in [-0.4, -0.2) is 25.7 Å². The Hall–Kier alpha value is -3.73. The van der Waals surface area contributed by atoms with Crippen molar-refractivity contribution in [1.29, 1.82) is 0 Å². The Balaban J connectivity index is 1.44. The van der Waals surface area contributed by atoms with Crippen LogP contribution in [0.5, 0.6) is 0 Å². The Bertz CT molecular complexity index is 1190. The molecule has 1 aliphatic rings. The Morgan fingerprint density at radius 1 is 0.643 bits per heavy atom. The molecule has 1 aliphatic carbocycles. The summed E-state index contributed by atoms with van der Waals surface area (Å²) in [5.41, 5.74) is 6.25. The SMILES string of the molecule is O=C1/C(=C/c2cnc3ccccc3n2)CC/C1=C\c1cnc2ccccc2n1. The van der Waals surface area contributed by atoms with Gasteiger partial charge in [-0.05, 0) is 49.3 Å². The number of nitrogens with zero attached hydrogens (tertiary/aromatic N) is 4. The van der Waals surface area contributed by atoms with Crippen LogP contribution in [0.1, 0.15) is 24.2 Å². The molecule has 0 aliphatic heterocycles. The van der Waals surface area contributed by atoms with Crippen LogP contribution in [0, 0.1) is 0 Å². The Labute approximate surface area is 161 Å². The van der Waals surface area contributed by atoms with Crippen molar-refractivity contribution in [3.05, 3.63) is 83.5 Å². The van der Waals surface area contributed by atoms with Gasteiger partial charge >= 0.3 is 0 Å². The normalized spacial score (nSPS) is 17.2. The van der Waals surface area contributed by atoms with Gasteiger partial charge in [0.05, 0.1) is 45.8 Å². The number of hydrogen-bond donors (Lipinski definition) is 0. The third kappa shape index (κ3) is 3.07. The van der Waals surface area contributed by atoms with Crippen LogP contribution >= 0.6 is 0 Å². The molecule has 1 saturated carbocycles. The third-order valence-electron chi connectivity index (χ3n) is 4.83. The second-order valence-electron chi connectivity index (χ2n) is 6.74. The first-order chi connectivity index (χ1) is 13.8. The molecule has 0 unspecified atom stereocenters. The molecule has 5 nitrogen and oxygen atoms in total. The van der Waals surface area contributed by atoms with E-state index in [-0.39, 0.29) is 5.78 Å². The minimum atomic E-state index is 0.0462. The van der Waals surface area contributed by atoms with Crippen molar-refractivity contribution in [2.45, 2.75) is 12.8 Å². The van der Waals surface area contributed by atoms with E-state index >= 15 is 0 Å². The van der Waals surface area contributed by atoms with Gasteiger partial charge in [0.2, 0.25) is 0 Å². The molecular formula is C23H16N4O. The molecule has 0 N–H and O–H groups in total. The summed E-state index contributed by atoms with van der Waals surface area (Å²) in [6.07, 6.45) is 8.49. The second-order valence-corrected chi connectivity index (χ2v) is 6.74. The van der Waals surface area contributed by atoms with Crippen LogP contribution < -0.4 is 0 Å². The largest absolute Gasteiger partial charge is 0.289 e. The maximum absolute atomic E-state index is 12.8. The topological polar surface area (TPSA) is 68.6 Å². The van der Waals surface area contributed by atoms with Gasteiger partial charge in [-0.15, -0.1) is 0 Å². The van der Waals surface area contributed by atoms with Crippen molar-refractivity contribution in [3.8, 4) is 0 Å². The lowest BCUT2D eigenvalue weighted by molar-refractivity contribution is -0.111. The van der Waals surface area contributed by atoms with E-state index in [1.54, 1.807) is 12.4 Å². The number of carbonyl (C=O) groups excluding carboxylic acids is 1. The molecule has 5 rings (SSSR count). The van der Waals surface area contributed by atoms with Gasteiger partial charge in [-0.1, -0.05) is 24.3 Å². The molecule has 4 aromatic rings. The molecule has 0 atom stereocenters. The summed E-state index contributed by atoms with van der Waals surface area (Å²) in [6.45, 7) is 0. The fourth-order valence-electron chi connectivity index (χ4n) is 3.42. The maximum Gasteiger partial charge on any atom is 0.185 e. The van der Waals surface area contributed by atoms with Crippen molar-refractivity contribution in [2.75, 3.05) is 0 Å². The van der Waals surface area contributed by atoms with Gasteiger partial charge in [-0.25, -0.2) is 9.97 Å². The summed E-state index contributed by atoms with van der Waals surface area (Å²) in [7, 11) is 0. The van der Waals surface area contributed by atoms with Crippen LogP contribution in [-0.2, 0) is 4.79 Å². The Morgan fingerprint density at radius 3 is 1.54 bits per heavy atom. The van der Waals surface area contributed by atoms with Gasteiger partial charge in [-0.3, -0.25) is 14.8 Å². The van der Waals surface area contributed by atoms with E-state index < -0.39 is 0 Å². The Kier molecular flexibility index (Phi) is 3.98. The number of Topliss-reactive ketones (excluding diaryl/α,β-unsaturated/α-hetero) is 1. The van der Waals surface area contributed by atoms with Crippen LogP contribution in [0.15, 0.2) is 72.1 Å². The van der Waals surface area contributed by atoms with Crippen molar-refractivity contribution in [2.24, 2.45) is 0 Å². The van der Waals surface area contributed by atoms with E-state index in [2.05, 4.69) is 19.9 Å². The zero-order valence-corrected chi connectivity index (χ0v) is 15.0. The highest BCUT2D eigenvalue weighted by Gasteiger charge is 2.23. The molecule has 28 heavy (non-hydrogen) atoms. The van der Waals surface area contributed by atoms with E-state index in [0.717, 1.165) is 33.2 Å². The summed E-state index contributed by atoms with van der Waals surface area (Å²) in [5, 5.41) is 0. The lowest BCUT2D eigenvalue weighted by Gasteiger charge is -2.00. The van der Waals surface area contributed by atoms with Gasteiger partial charge in [0.1, 0.15) is 0 Å². The number of hydrogen-bond acceptors (Lipinski definition) is 5. The molecular weight excluding hydrogens is 348 g/mol. The first-order valence-corrected chi connectivity index (χ1v) is 9.16. The van der Waals surface area contributed by atoms with E-state index in [1.165, 1.54) is 0 Å². The number of aromatic nitrogens is 4. The number of allylic oxidation sites excluding steroid dienone is 2. The molecule has 5 heteroatoms. The summed E-state index contributed by atoms with van der Waals surface area (Å²) in [6, 6.07) is 15.4. The first kappa shape index (κ1) is 16.4. The molecule has 0 bridgehead atoms. The zero-order chi connectivity index (χ0) is 18.9. The maximum atomic E-state index is 12.8. The third-order valence-corrected chi connectivity index (χ3v) is 4.83. The summed E-state index contributed by atoms with van der Waals surface area (Å²) in [5.74, 6) is 0.0462. The lowest BCUT2D eigenvalue weighted by atomic mass is 10.1. The van der Waals surface area contributed by atoms with Crippen LogP contribution in [0.4, 0.5) is 0 Å². The van der Waals surface area contributed by atoms with Crippen molar-refractivity contribution in [3.63, 3.8) is 0 Å². The Morgan fingerprint density at radius 2 is 1.07 bits per heavy atom. The summed E-state index contributed by atoms with van der Waals surface area (Å²) >= 11 is 0. The van der Waals surface area contributed by atoms with Crippen molar-refractivity contribution >= 4 is 40.0 Å². The van der Waals surface area contributed by atoms with Crippen LogP contribution in [0.3, 0.4) is 0 Å². The molecule has 0 saturated heterocycles. The predicted molar refractivity (Wildman–Crippen MR) is 109 cm³/mol. The summed E-state index contributed by atoms with van der Waals surface area (Å²) in [4.78, 5) is 30.8. The fraction of sp³-hybridized carbons (Fsp3) is 0.0870. The molecule has 0 spiro atoms. The van der Waals surface area contributed by atoms with Gasteiger partial charge < -0.3 is 0 Å². The van der Waals surface area contributed by atoms with Crippen molar-refractivity contribution in [1.82, 2.24) is 19.9 Å². The molecule has 1 fully saturated rings. The van der Waals surface area contributed by atoms with Gasteiger partial charge in [0.15, 0.2) is 5.78 Å². The number of ketones is 1. The first-order valence-electron chi connectivity index (χ1n) is 9.16.